The van der Waals surface area contributed by atoms with Gasteiger partial charge in [0.05, 0.1) is 10.9 Å². The van der Waals surface area contributed by atoms with E-state index in [0.29, 0.717) is 12.0 Å². The van der Waals surface area contributed by atoms with E-state index in [0.717, 1.165) is 35.6 Å². The second kappa shape index (κ2) is 7.30. The minimum atomic E-state index is -3.80. The summed E-state index contributed by atoms with van der Waals surface area (Å²) >= 11 is 0. The maximum atomic E-state index is 12.9. The number of nitrogens with zero attached hydrogens (tertiary/aromatic N) is 1. The van der Waals surface area contributed by atoms with E-state index in [-0.39, 0.29) is 10.9 Å². The van der Waals surface area contributed by atoms with Crippen LogP contribution in [-0.4, -0.2) is 24.7 Å². The number of unbranched alkanes of at least 4 members (excludes halogenated alkanes) is 3. The number of amides is 1. The number of carbonyl (C=O) groups excluding carboxylic acids is 1. The lowest BCUT2D eigenvalue weighted by Gasteiger charge is -2.24. The standard InChI is InChI=1S/C18H25NO3S/c1-4-5-6-7-8-16-13-15(3)18(20)19(16)23(21,22)17-11-9-14(2)10-12-17/h9-13,16H,4-8H2,1-3H3. The van der Waals surface area contributed by atoms with E-state index >= 15 is 0 Å². The number of sulfonamides is 1. The molecule has 0 saturated heterocycles. The first-order valence-electron chi connectivity index (χ1n) is 8.21. The lowest BCUT2D eigenvalue weighted by Crippen LogP contribution is -2.39. The normalized spacial score (nSPS) is 18.4. The van der Waals surface area contributed by atoms with Crippen molar-refractivity contribution in [2.45, 2.75) is 63.8 Å². The van der Waals surface area contributed by atoms with Gasteiger partial charge in [-0.1, -0.05) is 56.4 Å². The average Bonchev–Trinajstić information content (AvgIpc) is 2.79. The highest BCUT2D eigenvalue weighted by Gasteiger charge is 2.39. The van der Waals surface area contributed by atoms with Crippen molar-refractivity contribution < 1.29 is 13.2 Å². The molecular formula is C18H25NO3S. The maximum Gasteiger partial charge on any atom is 0.267 e. The molecule has 0 bridgehead atoms. The minimum absolute atomic E-state index is 0.179. The molecule has 1 amide bonds. The van der Waals surface area contributed by atoms with Crippen LogP contribution in [0.3, 0.4) is 0 Å². The topological polar surface area (TPSA) is 54.5 Å². The van der Waals surface area contributed by atoms with Crippen molar-refractivity contribution in [3.8, 4) is 0 Å². The molecule has 1 atom stereocenters. The fraction of sp³-hybridized carbons (Fsp3) is 0.500. The molecule has 0 saturated carbocycles. The van der Waals surface area contributed by atoms with Crippen LogP contribution in [0.2, 0.25) is 0 Å². The molecule has 4 nitrogen and oxygen atoms in total. The van der Waals surface area contributed by atoms with Gasteiger partial charge in [0, 0.05) is 5.57 Å². The van der Waals surface area contributed by atoms with Gasteiger partial charge in [-0.15, -0.1) is 0 Å². The molecule has 0 spiro atoms. The van der Waals surface area contributed by atoms with Gasteiger partial charge in [0.2, 0.25) is 0 Å². The minimum Gasteiger partial charge on any atom is -0.268 e. The third-order valence-corrected chi connectivity index (χ3v) is 6.03. The molecule has 126 valence electrons. The molecule has 0 aliphatic carbocycles. The van der Waals surface area contributed by atoms with Crippen molar-refractivity contribution >= 4 is 15.9 Å². The Labute approximate surface area is 139 Å². The van der Waals surface area contributed by atoms with Gasteiger partial charge in [-0.2, -0.15) is 0 Å². The van der Waals surface area contributed by atoms with Crippen molar-refractivity contribution in [3.63, 3.8) is 0 Å². The summed E-state index contributed by atoms with van der Waals surface area (Å²) in [7, 11) is -3.80. The Morgan fingerprint density at radius 2 is 1.70 bits per heavy atom. The summed E-state index contributed by atoms with van der Waals surface area (Å²) in [6.07, 6.45) is 6.73. The lowest BCUT2D eigenvalue weighted by molar-refractivity contribution is -0.122. The average molecular weight is 335 g/mol. The smallest absolute Gasteiger partial charge is 0.267 e. The lowest BCUT2D eigenvalue weighted by atomic mass is 10.1. The Balaban J connectivity index is 2.23. The third-order valence-electron chi connectivity index (χ3n) is 4.21. The van der Waals surface area contributed by atoms with Gasteiger partial charge >= 0.3 is 0 Å². The molecule has 2 rings (SSSR count). The molecule has 0 aromatic heterocycles. The van der Waals surface area contributed by atoms with E-state index in [1.165, 1.54) is 0 Å². The van der Waals surface area contributed by atoms with E-state index < -0.39 is 15.9 Å². The predicted molar refractivity (Wildman–Crippen MR) is 91.5 cm³/mol. The molecule has 1 aliphatic heterocycles. The van der Waals surface area contributed by atoms with Crippen molar-refractivity contribution in [3.05, 3.63) is 41.5 Å². The zero-order valence-electron chi connectivity index (χ0n) is 14.1. The van der Waals surface area contributed by atoms with Gasteiger partial charge in [-0.3, -0.25) is 4.79 Å². The van der Waals surface area contributed by atoms with Gasteiger partial charge < -0.3 is 0 Å². The van der Waals surface area contributed by atoms with Gasteiger partial charge in [0.15, 0.2) is 0 Å². The van der Waals surface area contributed by atoms with Gasteiger partial charge in [-0.25, -0.2) is 12.7 Å². The molecule has 1 heterocycles. The predicted octanol–water partition coefficient (Wildman–Crippen LogP) is 3.81. The second-order valence-corrected chi connectivity index (χ2v) is 8.00. The van der Waals surface area contributed by atoms with Crippen molar-refractivity contribution in [1.29, 1.82) is 0 Å². The molecule has 0 radical (unpaired) electrons. The van der Waals surface area contributed by atoms with Crippen LogP contribution in [0, 0.1) is 6.92 Å². The summed E-state index contributed by atoms with van der Waals surface area (Å²) in [6.45, 7) is 5.73. The first-order valence-corrected chi connectivity index (χ1v) is 9.65. The van der Waals surface area contributed by atoms with Crippen LogP contribution in [0.1, 0.15) is 51.5 Å². The summed E-state index contributed by atoms with van der Waals surface area (Å²) < 4.78 is 26.8. The van der Waals surface area contributed by atoms with Crippen LogP contribution < -0.4 is 0 Å². The van der Waals surface area contributed by atoms with Gasteiger partial charge in [-0.05, 0) is 32.4 Å². The highest BCUT2D eigenvalue weighted by Crippen LogP contribution is 2.29. The molecular weight excluding hydrogens is 310 g/mol. The largest absolute Gasteiger partial charge is 0.268 e. The van der Waals surface area contributed by atoms with Crippen molar-refractivity contribution in [2.24, 2.45) is 0 Å². The fourth-order valence-electron chi connectivity index (χ4n) is 2.84. The number of rotatable bonds is 7. The SMILES string of the molecule is CCCCCCC1C=C(C)C(=O)N1S(=O)(=O)c1ccc(C)cc1. The van der Waals surface area contributed by atoms with Crippen molar-refractivity contribution in [2.75, 3.05) is 0 Å². The molecule has 0 fully saturated rings. The van der Waals surface area contributed by atoms with E-state index in [2.05, 4.69) is 6.92 Å². The van der Waals surface area contributed by atoms with Gasteiger partial charge in [0.1, 0.15) is 0 Å². The van der Waals surface area contributed by atoms with Gasteiger partial charge in [0.25, 0.3) is 15.9 Å². The third kappa shape index (κ3) is 3.83. The fourth-order valence-corrected chi connectivity index (χ4v) is 4.44. The van der Waals surface area contributed by atoms with E-state index in [1.54, 1.807) is 37.3 Å². The molecule has 1 aromatic carbocycles. The Morgan fingerprint density at radius 3 is 2.30 bits per heavy atom. The molecule has 1 aromatic rings. The van der Waals surface area contributed by atoms with E-state index in [1.807, 2.05) is 6.92 Å². The molecule has 0 N–H and O–H groups in total. The zero-order valence-corrected chi connectivity index (χ0v) is 14.9. The monoisotopic (exact) mass is 335 g/mol. The highest BCUT2D eigenvalue weighted by atomic mass is 32.2. The van der Waals surface area contributed by atoms with E-state index in [9.17, 15) is 13.2 Å². The van der Waals surface area contributed by atoms with Crippen LogP contribution >= 0.6 is 0 Å². The second-order valence-electron chi connectivity index (χ2n) is 6.19. The Hall–Kier alpha value is -1.62. The quantitative estimate of drug-likeness (QED) is 0.712. The number of benzene rings is 1. The summed E-state index contributed by atoms with van der Waals surface area (Å²) in [4.78, 5) is 12.5. The Morgan fingerprint density at radius 1 is 1.04 bits per heavy atom. The van der Waals surface area contributed by atoms with Crippen LogP contribution in [0.5, 0.6) is 0 Å². The first-order chi connectivity index (χ1) is 10.9. The summed E-state index contributed by atoms with van der Waals surface area (Å²) in [5.74, 6) is -0.397. The zero-order chi connectivity index (χ0) is 17.0. The summed E-state index contributed by atoms with van der Waals surface area (Å²) in [5, 5.41) is 0. The maximum absolute atomic E-state index is 12.9. The molecule has 5 heteroatoms. The summed E-state index contributed by atoms with van der Waals surface area (Å²) in [5.41, 5.74) is 1.50. The summed E-state index contributed by atoms with van der Waals surface area (Å²) in [6, 6.07) is 6.29. The number of carbonyl (C=O) groups is 1. The highest BCUT2D eigenvalue weighted by molar-refractivity contribution is 7.89. The van der Waals surface area contributed by atoms with Crippen LogP contribution in [0.15, 0.2) is 40.8 Å². The van der Waals surface area contributed by atoms with Crippen LogP contribution in [0.4, 0.5) is 0 Å². The first kappa shape index (κ1) is 17.7. The van der Waals surface area contributed by atoms with Crippen LogP contribution in [-0.2, 0) is 14.8 Å². The number of hydrogen-bond acceptors (Lipinski definition) is 3. The van der Waals surface area contributed by atoms with Crippen LogP contribution in [0.25, 0.3) is 0 Å². The molecule has 1 unspecified atom stereocenters. The number of hydrogen-bond donors (Lipinski definition) is 0. The molecule has 1 aliphatic rings. The molecule has 23 heavy (non-hydrogen) atoms. The van der Waals surface area contributed by atoms with Crippen molar-refractivity contribution in [1.82, 2.24) is 4.31 Å². The Kier molecular flexibility index (Phi) is 5.63. The number of aryl methyl sites for hydroxylation is 1. The van der Waals surface area contributed by atoms with E-state index in [4.69, 9.17) is 0 Å². The Bertz CT molecular complexity index is 689.